The largest absolute Gasteiger partial charge is 0.497 e. The normalized spacial score (nSPS) is 13.8. The van der Waals surface area contributed by atoms with Crippen LogP contribution in [0.5, 0.6) is 5.75 Å². The van der Waals surface area contributed by atoms with Crippen LogP contribution in [0.1, 0.15) is 29.5 Å². The maximum atomic E-state index is 5.80. The second kappa shape index (κ2) is 6.31. The predicted molar refractivity (Wildman–Crippen MR) is 87.8 cm³/mol. The lowest BCUT2D eigenvalue weighted by Gasteiger charge is -2.21. The van der Waals surface area contributed by atoms with Gasteiger partial charge in [0.25, 0.3) is 0 Å². The predicted octanol–water partition coefficient (Wildman–Crippen LogP) is 3.74. The highest BCUT2D eigenvalue weighted by molar-refractivity contribution is 5.67. The van der Waals surface area contributed by atoms with Crippen LogP contribution in [0.25, 0.3) is 11.1 Å². The summed E-state index contributed by atoms with van der Waals surface area (Å²) >= 11 is 0. The van der Waals surface area contributed by atoms with Crippen LogP contribution < -0.4 is 10.5 Å². The summed E-state index contributed by atoms with van der Waals surface area (Å²) in [5.41, 5.74) is 12.9. The minimum atomic E-state index is 0.721. The number of aryl methyl sites for hydroxylation is 1. The van der Waals surface area contributed by atoms with E-state index in [4.69, 9.17) is 10.5 Å². The maximum absolute atomic E-state index is 5.80. The molecule has 0 atom stereocenters. The molecule has 0 aromatic heterocycles. The van der Waals surface area contributed by atoms with E-state index in [1.165, 1.54) is 47.9 Å². The summed E-state index contributed by atoms with van der Waals surface area (Å²) in [6, 6.07) is 13.0. The van der Waals surface area contributed by atoms with Gasteiger partial charge in [-0.3, -0.25) is 0 Å². The maximum Gasteiger partial charge on any atom is 0.118 e. The van der Waals surface area contributed by atoms with Crippen molar-refractivity contribution in [3.63, 3.8) is 0 Å². The van der Waals surface area contributed by atoms with E-state index >= 15 is 0 Å². The molecule has 0 fully saturated rings. The molecular formula is C19H23NO. The van der Waals surface area contributed by atoms with Crippen LogP contribution in [0.4, 0.5) is 0 Å². The average Bonchev–Trinajstić information content (AvgIpc) is 2.55. The lowest BCUT2D eigenvalue weighted by atomic mass is 9.84. The van der Waals surface area contributed by atoms with Crippen LogP contribution in [0.2, 0.25) is 0 Å². The Morgan fingerprint density at radius 1 is 1.00 bits per heavy atom. The number of fused-ring (bicyclic) bond motifs is 1. The molecule has 21 heavy (non-hydrogen) atoms. The molecular weight excluding hydrogens is 258 g/mol. The first kappa shape index (κ1) is 14.2. The number of benzene rings is 2. The monoisotopic (exact) mass is 281 g/mol. The summed E-state index contributed by atoms with van der Waals surface area (Å²) in [6.45, 7) is 0.721. The SMILES string of the molecule is COc1ccc(-c2cc(CCN)c3c(c2)CCCC3)cc1. The molecule has 2 nitrogen and oxygen atoms in total. The third kappa shape index (κ3) is 2.96. The van der Waals surface area contributed by atoms with Gasteiger partial charge in [0, 0.05) is 0 Å². The van der Waals surface area contributed by atoms with Gasteiger partial charge in [-0.05, 0) is 78.6 Å². The molecule has 0 spiro atoms. The number of methoxy groups -OCH3 is 1. The second-order valence-electron chi connectivity index (χ2n) is 5.75. The number of hydrogen-bond donors (Lipinski definition) is 1. The quantitative estimate of drug-likeness (QED) is 0.926. The van der Waals surface area contributed by atoms with Crippen LogP contribution in [-0.4, -0.2) is 13.7 Å². The van der Waals surface area contributed by atoms with Crippen LogP contribution in [0.15, 0.2) is 36.4 Å². The highest BCUT2D eigenvalue weighted by Crippen LogP contribution is 2.31. The summed E-state index contributed by atoms with van der Waals surface area (Å²) in [6.07, 6.45) is 6.02. The molecule has 2 aromatic rings. The summed E-state index contributed by atoms with van der Waals surface area (Å²) < 4.78 is 5.24. The zero-order valence-electron chi connectivity index (χ0n) is 12.7. The third-order valence-corrected chi connectivity index (χ3v) is 4.39. The van der Waals surface area contributed by atoms with Crippen molar-refractivity contribution in [2.24, 2.45) is 5.73 Å². The van der Waals surface area contributed by atoms with Gasteiger partial charge < -0.3 is 10.5 Å². The standard InChI is InChI=1S/C19H23NO/c1-21-18-8-6-14(7-9-18)17-12-15-4-2-3-5-19(15)16(13-17)10-11-20/h6-9,12-13H,2-5,10-11,20H2,1H3. The molecule has 110 valence electrons. The first-order valence-corrected chi connectivity index (χ1v) is 7.81. The first-order chi connectivity index (χ1) is 10.3. The first-order valence-electron chi connectivity index (χ1n) is 7.81. The molecule has 2 aromatic carbocycles. The molecule has 3 rings (SSSR count). The lowest BCUT2D eigenvalue weighted by Crippen LogP contribution is -2.11. The Balaban J connectivity index is 2.03. The van der Waals surface area contributed by atoms with Gasteiger partial charge in [0.2, 0.25) is 0 Å². The molecule has 0 amide bonds. The van der Waals surface area contributed by atoms with E-state index in [0.717, 1.165) is 18.7 Å². The fourth-order valence-corrected chi connectivity index (χ4v) is 3.29. The molecule has 2 N–H and O–H groups in total. The molecule has 0 bridgehead atoms. The van der Waals surface area contributed by atoms with Crippen molar-refractivity contribution in [1.82, 2.24) is 0 Å². The molecule has 0 aliphatic heterocycles. The molecule has 0 unspecified atom stereocenters. The van der Waals surface area contributed by atoms with Crippen molar-refractivity contribution in [3.05, 3.63) is 53.1 Å². The van der Waals surface area contributed by atoms with Crippen molar-refractivity contribution >= 4 is 0 Å². The third-order valence-electron chi connectivity index (χ3n) is 4.39. The van der Waals surface area contributed by atoms with Crippen molar-refractivity contribution in [1.29, 1.82) is 0 Å². The minimum Gasteiger partial charge on any atom is -0.497 e. The lowest BCUT2D eigenvalue weighted by molar-refractivity contribution is 0.415. The summed E-state index contributed by atoms with van der Waals surface area (Å²) in [5, 5.41) is 0. The van der Waals surface area contributed by atoms with Crippen molar-refractivity contribution < 1.29 is 4.74 Å². The van der Waals surface area contributed by atoms with Gasteiger partial charge in [-0.15, -0.1) is 0 Å². The second-order valence-corrected chi connectivity index (χ2v) is 5.75. The fraction of sp³-hybridized carbons (Fsp3) is 0.368. The topological polar surface area (TPSA) is 35.2 Å². The molecule has 0 saturated heterocycles. The van der Waals surface area contributed by atoms with E-state index in [1.807, 2.05) is 12.1 Å². The Hall–Kier alpha value is -1.80. The van der Waals surface area contributed by atoms with Gasteiger partial charge in [-0.1, -0.05) is 24.3 Å². The van der Waals surface area contributed by atoms with E-state index in [-0.39, 0.29) is 0 Å². The Morgan fingerprint density at radius 3 is 2.48 bits per heavy atom. The van der Waals surface area contributed by atoms with E-state index in [1.54, 1.807) is 12.7 Å². The van der Waals surface area contributed by atoms with Crippen LogP contribution in [0.3, 0.4) is 0 Å². The van der Waals surface area contributed by atoms with E-state index in [2.05, 4.69) is 24.3 Å². The van der Waals surface area contributed by atoms with Gasteiger partial charge >= 0.3 is 0 Å². The highest BCUT2D eigenvalue weighted by atomic mass is 16.5. The number of rotatable bonds is 4. The van der Waals surface area contributed by atoms with Crippen LogP contribution in [-0.2, 0) is 19.3 Å². The van der Waals surface area contributed by atoms with Gasteiger partial charge in [-0.25, -0.2) is 0 Å². The Kier molecular flexibility index (Phi) is 4.26. The summed E-state index contributed by atoms with van der Waals surface area (Å²) in [4.78, 5) is 0. The Labute approximate surface area is 126 Å². The molecule has 0 radical (unpaired) electrons. The zero-order chi connectivity index (χ0) is 14.7. The Morgan fingerprint density at radius 2 is 1.76 bits per heavy atom. The molecule has 1 aliphatic carbocycles. The van der Waals surface area contributed by atoms with Crippen LogP contribution in [0, 0.1) is 0 Å². The average molecular weight is 281 g/mol. The van der Waals surface area contributed by atoms with Gasteiger partial charge in [-0.2, -0.15) is 0 Å². The molecule has 1 aliphatic rings. The van der Waals surface area contributed by atoms with Gasteiger partial charge in [0.05, 0.1) is 7.11 Å². The van der Waals surface area contributed by atoms with E-state index in [0.29, 0.717) is 0 Å². The number of nitrogens with two attached hydrogens (primary N) is 1. The van der Waals surface area contributed by atoms with Crippen molar-refractivity contribution in [3.8, 4) is 16.9 Å². The Bertz CT molecular complexity index is 616. The summed E-state index contributed by atoms with van der Waals surface area (Å²) in [5.74, 6) is 0.902. The van der Waals surface area contributed by atoms with Gasteiger partial charge in [0.1, 0.15) is 5.75 Å². The van der Waals surface area contributed by atoms with Crippen molar-refractivity contribution in [2.45, 2.75) is 32.1 Å². The number of ether oxygens (including phenoxy) is 1. The van der Waals surface area contributed by atoms with Crippen LogP contribution >= 0.6 is 0 Å². The number of hydrogen-bond acceptors (Lipinski definition) is 2. The highest BCUT2D eigenvalue weighted by Gasteiger charge is 2.15. The van der Waals surface area contributed by atoms with Gasteiger partial charge in [0.15, 0.2) is 0 Å². The smallest absolute Gasteiger partial charge is 0.118 e. The zero-order valence-corrected chi connectivity index (χ0v) is 12.7. The minimum absolute atomic E-state index is 0.721. The summed E-state index contributed by atoms with van der Waals surface area (Å²) in [7, 11) is 1.70. The van der Waals surface area contributed by atoms with Crippen molar-refractivity contribution in [2.75, 3.05) is 13.7 Å². The molecule has 2 heteroatoms. The molecule has 0 heterocycles. The van der Waals surface area contributed by atoms with E-state index in [9.17, 15) is 0 Å². The van der Waals surface area contributed by atoms with E-state index < -0.39 is 0 Å². The molecule has 0 saturated carbocycles. The fourth-order valence-electron chi connectivity index (χ4n) is 3.29.